The van der Waals surface area contributed by atoms with E-state index in [-0.39, 0.29) is 0 Å². The predicted octanol–water partition coefficient (Wildman–Crippen LogP) is 17.2. The zero-order valence-electron chi connectivity index (χ0n) is 32.9. The molecule has 0 atom stereocenters. The molecule has 2 aromatic carbocycles. The van der Waals surface area contributed by atoms with Crippen molar-refractivity contribution in [3.8, 4) is 0 Å². The van der Waals surface area contributed by atoms with Crippen molar-refractivity contribution in [2.45, 2.75) is 245 Å². The molecule has 48 heavy (non-hydrogen) atoms. The van der Waals surface area contributed by atoms with E-state index in [1.54, 1.807) is 11.1 Å². The van der Waals surface area contributed by atoms with Crippen LogP contribution in [0.25, 0.3) is 10.8 Å². The molecule has 0 saturated carbocycles. The van der Waals surface area contributed by atoms with E-state index in [2.05, 4.69) is 50.2 Å². The number of fused-ring (bicyclic) bond motifs is 1. The average Bonchev–Trinajstić information content (AvgIpc) is 3.11. The van der Waals surface area contributed by atoms with Gasteiger partial charge in [-0.1, -0.05) is 256 Å². The molecule has 0 nitrogen and oxygen atoms in total. The van der Waals surface area contributed by atoms with Gasteiger partial charge in [0.2, 0.25) is 0 Å². The number of hydrogen-bond acceptors (Lipinski definition) is 0. The van der Waals surface area contributed by atoms with Crippen LogP contribution in [-0.4, -0.2) is 0 Å². The van der Waals surface area contributed by atoms with Crippen LogP contribution in [0.3, 0.4) is 0 Å². The Morgan fingerprint density at radius 1 is 0.292 bits per heavy atom. The number of hydrogen-bond donors (Lipinski definition) is 0. The van der Waals surface area contributed by atoms with Crippen molar-refractivity contribution in [1.82, 2.24) is 0 Å². The van der Waals surface area contributed by atoms with Crippen molar-refractivity contribution < 1.29 is 0 Å². The van der Waals surface area contributed by atoms with Crippen LogP contribution in [-0.2, 0) is 12.8 Å². The minimum Gasteiger partial charge on any atom is -0.0654 e. The van der Waals surface area contributed by atoms with Crippen molar-refractivity contribution in [3.63, 3.8) is 0 Å². The maximum Gasteiger partial charge on any atom is -0.0149 e. The molecule has 2 rings (SSSR count). The van der Waals surface area contributed by atoms with Crippen LogP contribution in [0.4, 0.5) is 0 Å². The lowest BCUT2D eigenvalue weighted by Gasteiger charge is -2.14. The SMILES string of the molecule is CCCCCCCCCCCCCCCCCCCCc1c(CCCCCCCCCCCCCCCCCC)ccc2ccccc12. The average molecular weight is 661 g/mol. The zero-order valence-corrected chi connectivity index (χ0v) is 32.9. The first-order valence-corrected chi connectivity index (χ1v) is 22.4. The third-order valence-electron chi connectivity index (χ3n) is 11.2. The quantitative estimate of drug-likeness (QED) is 0.0638. The summed E-state index contributed by atoms with van der Waals surface area (Å²) in [6.45, 7) is 4.62. The summed E-state index contributed by atoms with van der Waals surface area (Å²) in [5, 5.41) is 2.96. The van der Waals surface area contributed by atoms with Crippen LogP contribution in [0, 0.1) is 0 Å². The molecule has 276 valence electrons. The largest absolute Gasteiger partial charge is 0.0654 e. The van der Waals surface area contributed by atoms with Crippen molar-refractivity contribution >= 4 is 10.8 Å². The highest BCUT2D eigenvalue weighted by molar-refractivity contribution is 5.86. The fourth-order valence-corrected chi connectivity index (χ4v) is 7.98. The number of aryl methyl sites for hydroxylation is 2. The maximum absolute atomic E-state index is 2.47. The summed E-state index contributed by atoms with van der Waals surface area (Å²) in [6.07, 6.45) is 51.8. The molecule has 0 radical (unpaired) electrons. The molecule has 0 amide bonds. The van der Waals surface area contributed by atoms with E-state index in [4.69, 9.17) is 0 Å². The molecule has 2 aromatic rings. The lowest BCUT2D eigenvalue weighted by atomic mass is 9.91. The van der Waals surface area contributed by atoms with Gasteiger partial charge < -0.3 is 0 Å². The molecule has 0 unspecified atom stereocenters. The molecule has 0 fully saturated rings. The molecule has 0 spiro atoms. The van der Waals surface area contributed by atoms with Crippen molar-refractivity contribution in [1.29, 1.82) is 0 Å². The van der Waals surface area contributed by atoms with E-state index in [0.29, 0.717) is 0 Å². The topological polar surface area (TPSA) is 0 Å². The Bertz CT molecular complexity index is 940. The minimum atomic E-state index is 1.27. The van der Waals surface area contributed by atoms with Crippen molar-refractivity contribution in [3.05, 3.63) is 47.5 Å². The second-order valence-corrected chi connectivity index (χ2v) is 15.7. The molecule has 0 heterocycles. The molecular weight excluding hydrogens is 577 g/mol. The molecule has 0 aromatic heterocycles. The lowest BCUT2D eigenvalue weighted by Crippen LogP contribution is -1.97. The van der Waals surface area contributed by atoms with Crippen LogP contribution < -0.4 is 0 Å². The van der Waals surface area contributed by atoms with Crippen molar-refractivity contribution in [2.75, 3.05) is 0 Å². The monoisotopic (exact) mass is 661 g/mol. The van der Waals surface area contributed by atoms with Gasteiger partial charge in [0, 0.05) is 0 Å². The molecule has 0 heteroatoms. The maximum atomic E-state index is 2.47. The van der Waals surface area contributed by atoms with Crippen LogP contribution >= 0.6 is 0 Å². The molecule has 0 aliphatic carbocycles. The van der Waals surface area contributed by atoms with Gasteiger partial charge in [0.25, 0.3) is 0 Å². The normalized spacial score (nSPS) is 11.6. The molecular formula is C48H84. The van der Waals surface area contributed by atoms with E-state index in [9.17, 15) is 0 Å². The second-order valence-electron chi connectivity index (χ2n) is 15.7. The molecule has 0 N–H and O–H groups in total. The van der Waals surface area contributed by atoms with Gasteiger partial charge in [-0.25, -0.2) is 0 Å². The molecule has 0 saturated heterocycles. The van der Waals surface area contributed by atoms with E-state index < -0.39 is 0 Å². The molecule has 0 bridgehead atoms. The van der Waals surface area contributed by atoms with Gasteiger partial charge in [0.1, 0.15) is 0 Å². The lowest BCUT2D eigenvalue weighted by molar-refractivity contribution is 0.525. The Balaban J connectivity index is 1.47. The summed E-state index contributed by atoms with van der Waals surface area (Å²) in [4.78, 5) is 0. The fraction of sp³-hybridized carbons (Fsp3) is 0.792. The van der Waals surface area contributed by atoms with Crippen LogP contribution in [0.1, 0.15) is 243 Å². The Hall–Kier alpha value is -1.30. The van der Waals surface area contributed by atoms with Gasteiger partial charge in [-0.2, -0.15) is 0 Å². The van der Waals surface area contributed by atoms with Gasteiger partial charge in [-0.15, -0.1) is 0 Å². The summed E-state index contributed by atoms with van der Waals surface area (Å²) in [5.74, 6) is 0. The summed E-state index contributed by atoms with van der Waals surface area (Å²) >= 11 is 0. The fourth-order valence-electron chi connectivity index (χ4n) is 7.98. The highest BCUT2D eigenvalue weighted by atomic mass is 14.1. The highest BCUT2D eigenvalue weighted by Gasteiger charge is 2.08. The van der Waals surface area contributed by atoms with Crippen LogP contribution in [0.5, 0.6) is 0 Å². The smallest absolute Gasteiger partial charge is 0.0149 e. The molecule has 0 aliphatic rings. The van der Waals surface area contributed by atoms with Crippen LogP contribution in [0.15, 0.2) is 36.4 Å². The van der Waals surface area contributed by atoms with E-state index in [1.807, 2.05) is 0 Å². The minimum absolute atomic E-state index is 1.27. The third kappa shape index (κ3) is 23.2. The summed E-state index contributed by atoms with van der Waals surface area (Å²) in [5.41, 5.74) is 3.32. The van der Waals surface area contributed by atoms with E-state index in [1.165, 1.54) is 242 Å². The van der Waals surface area contributed by atoms with Gasteiger partial charge >= 0.3 is 0 Å². The Kier molecular flexibility index (Phi) is 29.4. The Morgan fingerprint density at radius 2 is 0.604 bits per heavy atom. The third-order valence-corrected chi connectivity index (χ3v) is 11.2. The summed E-state index contributed by atoms with van der Waals surface area (Å²) in [6, 6.07) is 14.0. The first-order chi connectivity index (χ1) is 23.9. The van der Waals surface area contributed by atoms with Crippen molar-refractivity contribution in [2.24, 2.45) is 0 Å². The summed E-state index contributed by atoms with van der Waals surface area (Å²) in [7, 11) is 0. The number of rotatable bonds is 36. The van der Waals surface area contributed by atoms with E-state index >= 15 is 0 Å². The molecule has 0 aliphatic heterocycles. The standard InChI is InChI=1S/C48H84/c1-3-5-7-9-11-13-15-17-19-21-22-24-26-28-30-32-34-36-41-47-45(43-44-46-40-37-38-42-48(46)47)39-35-33-31-29-27-25-23-20-18-16-14-12-10-8-6-4-2/h37-38,40,42-44H,3-36,39,41H2,1-2H3. The van der Waals surface area contributed by atoms with Gasteiger partial charge in [-0.3, -0.25) is 0 Å². The zero-order chi connectivity index (χ0) is 34.0. The predicted molar refractivity (Wildman–Crippen MR) is 220 cm³/mol. The summed E-state index contributed by atoms with van der Waals surface area (Å²) < 4.78 is 0. The van der Waals surface area contributed by atoms with Crippen LogP contribution in [0.2, 0.25) is 0 Å². The van der Waals surface area contributed by atoms with Gasteiger partial charge in [0.15, 0.2) is 0 Å². The highest BCUT2D eigenvalue weighted by Crippen LogP contribution is 2.27. The van der Waals surface area contributed by atoms with Gasteiger partial charge in [0.05, 0.1) is 0 Å². The first kappa shape index (κ1) is 42.9. The Labute approximate surface area is 302 Å². The number of unbranched alkanes of at least 4 members (excludes halogenated alkanes) is 32. The number of benzene rings is 2. The second kappa shape index (κ2) is 32.9. The van der Waals surface area contributed by atoms with E-state index in [0.717, 1.165) is 0 Å². The Morgan fingerprint density at radius 3 is 0.979 bits per heavy atom. The van der Waals surface area contributed by atoms with Gasteiger partial charge in [-0.05, 0) is 47.6 Å². The first-order valence-electron chi connectivity index (χ1n) is 22.4.